The summed E-state index contributed by atoms with van der Waals surface area (Å²) in [6.07, 6.45) is 5.07. The largest absolute Gasteiger partial charge is 0.493 e. The van der Waals surface area contributed by atoms with Gasteiger partial charge in [-0.3, -0.25) is 9.69 Å². The highest BCUT2D eigenvalue weighted by atomic mass is 32.2. The Morgan fingerprint density at radius 2 is 1.93 bits per heavy atom. The number of ether oxygens (including phenoxy) is 3. The summed E-state index contributed by atoms with van der Waals surface area (Å²) in [5.74, 6) is 1.86. The molecule has 0 bridgehead atoms. The summed E-state index contributed by atoms with van der Waals surface area (Å²) in [4.78, 5) is 23.8. The molecule has 0 unspecified atom stereocenters. The number of thioether (sulfide) groups is 1. The number of nitrogens with zero attached hydrogens (tertiary/aromatic N) is 3. The number of rotatable bonds is 7. The van der Waals surface area contributed by atoms with Crippen molar-refractivity contribution in [1.82, 2.24) is 9.88 Å². The minimum Gasteiger partial charge on any atom is -0.493 e. The van der Waals surface area contributed by atoms with E-state index < -0.39 is 0 Å². The number of amides is 1. The molecular weight excluding hydrogens is 390 g/mol. The van der Waals surface area contributed by atoms with Gasteiger partial charge in [0.25, 0.3) is 5.91 Å². The highest BCUT2D eigenvalue weighted by Crippen LogP contribution is 2.42. The Bertz CT molecular complexity index is 973. The van der Waals surface area contributed by atoms with Gasteiger partial charge in [0.1, 0.15) is 0 Å². The fraction of sp³-hybridized carbons (Fsp3) is 0.190. The van der Waals surface area contributed by atoms with Gasteiger partial charge in [0, 0.05) is 18.3 Å². The molecular formula is C21H21N3O4S. The normalized spacial score (nSPS) is 16.4. The van der Waals surface area contributed by atoms with Gasteiger partial charge in [-0.1, -0.05) is 12.1 Å². The van der Waals surface area contributed by atoms with Gasteiger partial charge in [-0.15, -0.1) is 6.58 Å². The van der Waals surface area contributed by atoms with Gasteiger partial charge in [-0.05, 0) is 42.1 Å². The SMILES string of the molecule is C=CCN1C(=O)/C(=C/c2ccc(OC)c(OC)c2OC)S/C1=N/c1ccccn1. The highest BCUT2D eigenvalue weighted by molar-refractivity contribution is 8.18. The second kappa shape index (κ2) is 9.29. The van der Waals surface area contributed by atoms with E-state index in [1.54, 1.807) is 49.6 Å². The van der Waals surface area contributed by atoms with E-state index in [0.717, 1.165) is 0 Å². The summed E-state index contributed by atoms with van der Waals surface area (Å²) in [6, 6.07) is 9.02. The molecule has 0 atom stereocenters. The van der Waals surface area contributed by atoms with Crippen LogP contribution in [0.4, 0.5) is 5.82 Å². The first-order valence-corrected chi connectivity index (χ1v) is 9.55. The van der Waals surface area contributed by atoms with Crippen LogP contribution in [-0.2, 0) is 4.79 Å². The van der Waals surface area contributed by atoms with Crippen molar-refractivity contribution in [1.29, 1.82) is 0 Å². The summed E-state index contributed by atoms with van der Waals surface area (Å²) in [7, 11) is 4.64. The topological polar surface area (TPSA) is 73.2 Å². The molecule has 1 aliphatic heterocycles. The molecule has 1 aromatic carbocycles. The van der Waals surface area contributed by atoms with Crippen LogP contribution < -0.4 is 14.2 Å². The third-order valence-electron chi connectivity index (χ3n) is 4.08. The van der Waals surface area contributed by atoms with E-state index in [1.807, 2.05) is 18.2 Å². The molecule has 1 aromatic heterocycles. The first-order valence-electron chi connectivity index (χ1n) is 8.74. The highest BCUT2D eigenvalue weighted by Gasteiger charge is 2.33. The Labute approximate surface area is 173 Å². The van der Waals surface area contributed by atoms with Gasteiger partial charge in [-0.2, -0.15) is 0 Å². The van der Waals surface area contributed by atoms with Crippen molar-refractivity contribution in [3.63, 3.8) is 0 Å². The van der Waals surface area contributed by atoms with Crippen molar-refractivity contribution < 1.29 is 19.0 Å². The van der Waals surface area contributed by atoms with Crippen LogP contribution in [0.3, 0.4) is 0 Å². The van der Waals surface area contributed by atoms with Gasteiger partial charge in [0.15, 0.2) is 22.5 Å². The molecule has 3 rings (SSSR count). The molecule has 2 heterocycles. The molecule has 2 aromatic rings. The molecule has 0 N–H and O–H groups in total. The summed E-state index contributed by atoms with van der Waals surface area (Å²) >= 11 is 1.27. The van der Waals surface area contributed by atoms with E-state index >= 15 is 0 Å². The fourth-order valence-electron chi connectivity index (χ4n) is 2.78. The van der Waals surface area contributed by atoms with Crippen molar-refractivity contribution in [2.24, 2.45) is 4.99 Å². The van der Waals surface area contributed by atoms with Crippen molar-refractivity contribution in [2.75, 3.05) is 27.9 Å². The molecule has 0 aliphatic carbocycles. The minimum atomic E-state index is -0.165. The predicted molar refractivity (Wildman–Crippen MR) is 115 cm³/mol. The number of benzene rings is 1. The predicted octanol–water partition coefficient (Wildman–Crippen LogP) is 3.90. The van der Waals surface area contributed by atoms with Crippen molar-refractivity contribution in [2.45, 2.75) is 0 Å². The Kier molecular flexibility index (Phi) is 6.56. The molecule has 1 aliphatic rings. The zero-order chi connectivity index (χ0) is 20.8. The molecule has 7 nitrogen and oxygen atoms in total. The molecule has 29 heavy (non-hydrogen) atoms. The molecule has 1 saturated heterocycles. The van der Waals surface area contributed by atoms with E-state index in [4.69, 9.17) is 14.2 Å². The maximum Gasteiger partial charge on any atom is 0.267 e. The number of hydrogen-bond acceptors (Lipinski definition) is 7. The Morgan fingerprint density at radius 3 is 2.55 bits per heavy atom. The Balaban J connectivity index is 2.03. The number of carbonyl (C=O) groups excluding carboxylic acids is 1. The zero-order valence-corrected chi connectivity index (χ0v) is 17.2. The van der Waals surface area contributed by atoms with E-state index in [0.29, 0.717) is 45.2 Å². The number of pyridine rings is 1. The molecule has 150 valence electrons. The van der Waals surface area contributed by atoms with Crippen LogP contribution >= 0.6 is 11.8 Å². The minimum absolute atomic E-state index is 0.165. The summed E-state index contributed by atoms with van der Waals surface area (Å²) < 4.78 is 16.2. The van der Waals surface area contributed by atoms with Gasteiger partial charge in [-0.25, -0.2) is 9.98 Å². The number of hydrogen-bond donors (Lipinski definition) is 0. The quantitative estimate of drug-likeness (QED) is 0.508. The van der Waals surface area contributed by atoms with Crippen LogP contribution in [0, 0.1) is 0 Å². The lowest BCUT2D eigenvalue weighted by molar-refractivity contribution is -0.121. The third kappa shape index (κ3) is 4.27. The van der Waals surface area contributed by atoms with Crippen LogP contribution in [0.5, 0.6) is 17.2 Å². The second-order valence-electron chi connectivity index (χ2n) is 5.82. The average molecular weight is 411 g/mol. The molecule has 8 heteroatoms. The Morgan fingerprint density at radius 1 is 1.14 bits per heavy atom. The maximum absolute atomic E-state index is 13.0. The van der Waals surface area contributed by atoms with Crippen LogP contribution in [0.2, 0.25) is 0 Å². The molecule has 0 saturated carbocycles. The lowest BCUT2D eigenvalue weighted by Gasteiger charge is -2.14. The lowest BCUT2D eigenvalue weighted by atomic mass is 10.1. The zero-order valence-electron chi connectivity index (χ0n) is 16.4. The summed E-state index contributed by atoms with van der Waals surface area (Å²) in [5.41, 5.74) is 0.693. The molecule has 1 amide bonds. The number of aliphatic imine (C=N–C) groups is 1. The van der Waals surface area contributed by atoms with Crippen LogP contribution in [0.25, 0.3) is 6.08 Å². The van der Waals surface area contributed by atoms with Gasteiger partial charge < -0.3 is 14.2 Å². The monoisotopic (exact) mass is 411 g/mol. The van der Waals surface area contributed by atoms with Gasteiger partial charge in [0.2, 0.25) is 5.75 Å². The van der Waals surface area contributed by atoms with Crippen molar-refractivity contribution in [3.05, 3.63) is 59.7 Å². The van der Waals surface area contributed by atoms with E-state index in [-0.39, 0.29) is 5.91 Å². The van der Waals surface area contributed by atoms with Crippen molar-refractivity contribution >= 4 is 34.7 Å². The van der Waals surface area contributed by atoms with E-state index in [1.165, 1.54) is 18.9 Å². The van der Waals surface area contributed by atoms with Crippen LogP contribution in [0.15, 0.2) is 59.1 Å². The standard InChI is InChI=1S/C21H21N3O4S/c1-5-12-24-20(25)16(29-21(24)23-17-8-6-7-11-22-17)13-14-9-10-15(26-2)19(28-4)18(14)27-3/h5-11,13H,1,12H2,2-4H3/b16-13-,23-21+. The van der Waals surface area contributed by atoms with E-state index in [2.05, 4.69) is 16.6 Å². The number of amidine groups is 1. The van der Waals surface area contributed by atoms with E-state index in [9.17, 15) is 4.79 Å². The lowest BCUT2D eigenvalue weighted by Crippen LogP contribution is -2.29. The average Bonchev–Trinajstić information content (AvgIpc) is 3.03. The summed E-state index contributed by atoms with van der Waals surface area (Å²) in [5, 5.41) is 0.541. The van der Waals surface area contributed by atoms with Gasteiger partial charge in [0.05, 0.1) is 26.2 Å². The third-order valence-corrected chi connectivity index (χ3v) is 5.09. The fourth-order valence-corrected chi connectivity index (χ4v) is 3.77. The van der Waals surface area contributed by atoms with Crippen LogP contribution in [0.1, 0.15) is 5.56 Å². The van der Waals surface area contributed by atoms with Crippen molar-refractivity contribution in [3.8, 4) is 17.2 Å². The number of aromatic nitrogens is 1. The number of methoxy groups -OCH3 is 3. The summed E-state index contributed by atoms with van der Waals surface area (Å²) in [6.45, 7) is 4.08. The smallest absolute Gasteiger partial charge is 0.267 e. The molecule has 0 radical (unpaired) electrons. The molecule has 1 fully saturated rings. The van der Waals surface area contributed by atoms with Crippen LogP contribution in [-0.4, -0.2) is 48.8 Å². The first kappa shape index (κ1) is 20.5. The second-order valence-corrected chi connectivity index (χ2v) is 6.83. The maximum atomic E-state index is 13.0. The first-order chi connectivity index (χ1) is 14.1. The Hall–Kier alpha value is -3.26. The molecule has 0 spiro atoms. The van der Waals surface area contributed by atoms with Gasteiger partial charge >= 0.3 is 0 Å². The number of carbonyl (C=O) groups is 1.